The highest BCUT2D eigenvalue weighted by atomic mass is 35.5. The van der Waals surface area contributed by atoms with Gasteiger partial charge in [-0.3, -0.25) is 4.79 Å². The van der Waals surface area contributed by atoms with Crippen LogP contribution in [0.25, 0.3) is 0 Å². The molecule has 1 aromatic carbocycles. The van der Waals surface area contributed by atoms with Gasteiger partial charge in [-0.15, -0.1) is 0 Å². The summed E-state index contributed by atoms with van der Waals surface area (Å²) < 4.78 is 12.9. The topological polar surface area (TPSA) is 29.1 Å². The van der Waals surface area contributed by atoms with Gasteiger partial charge in [0.1, 0.15) is 5.82 Å². The third kappa shape index (κ3) is 3.91. The smallest absolute Gasteiger partial charge is 0.165 e. The molecule has 0 amide bonds. The molecule has 0 saturated carbocycles. The minimum atomic E-state index is -0.440. The van der Waals surface area contributed by atoms with Crippen LogP contribution >= 0.6 is 11.6 Å². The summed E-state index contributed by atoms with van der Waals surface area (Å²) in [5, 5.41) is 3.42. The molecule has 4 heteroatoms. The Morgan fingerprint density at radius 3 is 2.81 bits per heavy atom. The van der Waals surface area contributed by atoms with E-state index in [0.29, 0.717) is 24.0 Å². The van der Waals surface area contributed by atoms with Crippen molar-refractivity contribution in [2.75, 3.05) is 6.54 Å². The third-order valence-corrected chi connectivity index (χ3v) is 2.46. The Hall–Kier alpha value is -0.930. The van der Waals surface area contributed by atoms with Gasteiger partial charge in [0, 0.05) is 24.6 Å². The van der Waals surface area contributed by atoms with E-state index < -0.39 is 5.82 Å². The van der Waals surface area contributed by atoms with Crippen LogP contribution in [0.2, 0.25) is 5.02 Å². The first-order chi connectivity index (χ1) is 7.50. The van der Waals surface area contributed by atoms with E-state index in [1.807, 2.05) is 13.8 Å². The van der Waals surface area contributed by atoms with E-state index in [0.717, 1.165) is 0 Å². The first-order valence-electron chi connectivity index (χ1n) is 5.22. The van der Waals surface area contributed by atoms with Crippen molar-refractivity contribution >= 4 is 17.4 Å². The number of hydrogen-bond donors (Lipinski definition) is 1. The van der Waals surface area contributed by atoms with Crippen LogP contribution in [-0.4, -0.2) is 18.4 Å². The number of hydrogen-bond acceptors (Lipinski definition) is 2. The first kappa shape index (κ1) is 13.1. The summed E-state index contributed by atoms with van der Waals surface area (Å²) in [5.41, 5.74) is 0.257. The zero-order valence-corrected chi connectivity index (χ0v) is 10.1. The van der Waals surface area contributed by atoms with Crippen LogP contribution in [-0.2, 0) is 0 Å². The Morgan fingerprint density at radius 2 is 2.19 bits per heavy atom. The van der Waals surface area contributed by atoms with Crippen LogP contribution in [0, 0.1) is 5.82 Å². The minimum Gasteiger partial charge on any atom is -0.314 e. The zero-order valence-electron chi connectivity index (χ0n) is 9.39. The highest BCUT2D eigenvalue weighted by molar-refractivity contribution is 6.33. The summed E-state index contributed by atoms with van der Waals surface area (Å²) in [4.78, 5) is 11.7. The van der Waals surface area contributed by atoms with Crippen molar-refractivity contribution in [2.24, 2.45) is 0 Å². The van der Waals surface area contributed by atoms with Crippen LogP contribution in [0.3, 0.4) is 0 Å². The van der Waals surface area contributed by atoms with Gasteiger partial charge in [0.25, 0.3) is 0 Å². The molecule has 2 nitrogen and oxygen atoms in total. The number of halogens is 2. The lowest BCUT2D eigenvalue weighted by atomic mass is 10.1. The molecule has 0 heterocycles. The molecule has 0 aromatic heterocycles. The second-order valence-electron chi connectivity index (χ2n) is 3.91. The number of rotatable bonds is 5. The molecule has 1 aromatic rings. The third-order valence-electron chi connectivity index (χ3n) is 2.13. The molecule has 0 unspecified atom stereocenters. The lowest BCUT2D eigenvalue weighted by Crippen LogP contribution is -2.25. The molecule has 88 valence electrons. The van der Waals surface area contributed by atoms with Crippen LogP contribution in [0.15, 0.2) is 18.2 Å². The van der Waals surface area contributed by atoms with Crippen molar-refractivity contribution in [3.8, 4) is 0 Å². The number of benzene rings is 1. The van der Waals surface area contributed by atoms with Crippen molar-refractivity contribution < 1.29 is 9.18 Å². The van der Waals surface area contributed by atoms with E-state index in [9.17, 15) is 9.18 Å². The number of Topliss-reactive ketones (excluding diaryl/α,β-unsaturated/α-hetero) is 1. The average Bonchev–Trinajstić information content (AvgIpc) is 2.21. The first-order valence-corrected chi connectivity index (χ1v) is 5.60. The molecular formula is C12H15ClFNO. The maximum absolute atomic E-state index is 12.9. The predicted molar refractivity (Wildman–Crippen MR) is 63.5 cm³/mol. The normalized spacial score (nSPS) is 10.8. The van der Waals surface area contributed by atoms with E-state index in [4.69, 9.17) is 11.6 Å². The van der Waals surface area contributed by atoms with Gasteiger partial charge in [-0.2, -0.15) is 0 Å². The fourth-order valence-corrected chi connectivity index (χ4v) is 1.54. The molecular weight excluding hydrogens is 229 g/mol. The number of nitrogens with one attached hydrogen (secondary N) is 1. The maximum atomic E-state index is 12.9. The van der Waals surface area contributed by atoms with Crippen molar-refractivity contribution in [2.45, 2.75) is 26.3 Å². The summed E-state index contributed by atoms with van der Waals surface area (Å²) in [5.74, 6) is -0.581. The second kappa shape index (κ2) is 5.97. The lowest BCUT2D eigenvalue weighted by Gasteiger charge is -2.08. The van der Waals surface area contributed by atoms with Crippen molar-refractivity contribution in [3.63, 3.8) is 0 Å². The molecule has 0 saturated heterocycles. The van der Waals surface area contributed by atoms with E-state index >= 15 is 0 Å². The average molecular weight is 244 g/mol. The largest absolute Gasteiger partial charge is 0.314 e. The molecule has 0 aliphatic heterocycles. The molecule has 0 atom stereocenters. The highest BCUT2D eigenvalue weighted by Gasteiger charge is 2.11. The number of carbonyl (C=O) groups excluding carboxylic acids is 1. The molecule has 0 spiro atoms. The van der Waals surface area contributed by atoms with Gasteiger partial charge in [-0.1, -0.05) is 25.4 Å². The van der Waals surface area contributed by atoms with Crippen LogP contribution < -0.4 is 5.32 Å². The van der Waals surface area contributed by atoms with Gasteiger partial charge in [-0.25, -0.2) is 4.39 Å². The fraction of sp³-hybridized carbons (Fsp3) is 0.417. The van der Waals surface area contributed by atoms with Crippen molar-refractivity contribution in [3.05, 3.63) is 34.6 Å². The maximum Gasteiger partial charge on any atom is 0.165 e. The summed E-state index contributed by atoms with van der Waals surface area (Å²) in [6, 6.07) is 4.15. The Labute approximate surface area is 99.8 Å². The highest BCUT2D eigenvalue weighted by Crippen LogP contribution is 2.18. The molecule has 1 rings (SSSR count). The summed E-state index contributed by atoms with van der Waals surface area (Å²) in [7, 11) is 0. The molecule has 0 aliphatic carbocycles. The van der Waals surface area contributed by atoms with Crippen molar-refractivity contribution in [1.29, 1.82) is 0 Å². The van der Waals surface area contributed by atoms with Crippen LogP contribution in [0.4, 0.5) is 4.39 Å². The van der Waals surface area contributed by atoms with Crippen LogP contribution in [0.5, 0.6) is 0 Å². The van der Waals surface area contributed by atoms with E-state index in [-0.39, 0.29) is 11.3 Å². The fourth-order valence-electron chi connectivity index (χ4n) is 1.32. The monoisotopic (exact) mass is 243 g/mol. The predicted octanol–water partition coefficient (Wildman–Crippen LogP) is 3.05. The number of ketones is 1. The SMILES string of the molecule is CC(C)NCCC(=O)c1cc(F)ccc1Cl. The lowest BCUT2D eigenvalue weighted by molar-refractivity contribution is 0.0982. The zero-order chi connectivity index (χ0) is 12.1. The summed E-state index contributed by atoms with van der Waals surface area (Å²) >= 11 is 5.82. The Kier molecular flexibility index (Phi) is 4.90. The van der Waals surface area contributed by atoms with Crippen LogP contribution in [0.1, 0.15) is 30.6 Å². The molecule has 1 N–H and O–H groups in total. The van der Waals surface area contributed by atoms with E-state index in [1.165, 1.54) is 18.2 Å². The van der Waals surface area contributed by atoms with E-state index in [1.54, 1.807) is 0 Å². The minimum absolute atomic E-state index is 0.141. The second-order valence-corrected chi connectivity index (χ2v) is 4.31. The summed E-state index contributed by atoms with van der Waals surface area (Å²) in [6.07, 6.45) is 0.321. The van der Waals surface area contributed by atoms with Gasteiger partial charge >= 0.3 is 0 Å². The van der Waals surface area contributed by atoms with E-state index in [2.05, 4.69) is 5.32 Å². The molecule has 0 radical (unpaired) electrons. The molecule has 0 fully saturated rings. The van der Waals surface area contributed by atoms with Crippen molar-refractivity contribution in [1.82, 2.24) is 5.32 Å². The van der Waals surface area contributed by atoms with Gasteiger partial charge in [-0.05, 0) is 18.2 Å². The quantitative estimate of drug-likeness (QED) is 0.806. The standard InChI is InChI=1S/C12H15ClFNO/c1-8(2)15-6-5-12(16)10-7-9(14)3-4-11(10)13/h3-4,7-8,15H,5-6H2,1-2H3. The van der Waals surface area contributed by atoms with Gasteiger partial charge in [0.05, 0.1) is 5.02 Å². The molecule has 0 bridgehead atoms. The Bertz CT molecular complexity index is 379. The van der Waals surface area contributed by atoms with Gasteiger partial charge < -0.3 is 5.32 Å². The number of carbonyl (C=O) groups is 1. The molecule has 0 aliphatic rings. The molecule has 16 heavy (non-hydrogen) atoms. The Morgan fingerprint density at radius 1 is 1.50 bits per heavy atom. The van der Waals surface area contributed by atoms with Gasteiger partial charge in [0.2, 0.25) is 0 Å². The Balaban J connectivity index is 2.62. The van der Waals surface area contributed by atoms with Gasteiger partial charge in [0.15, 0.2) is 5.78 Å². The summed E-state index contributed by atoms with van der Waals surface area (Å²) in [6.45, 7) is 4.57.